The lowest BCUT2D eigenvalue weighted by atomic mass is 10.2. The number of rotatable bonds is 6. The van der Waals surface area contributed by atoms with Crippen molar-refractivity contribution in [3.63, 3.8) is 0 Å². The average Bonchev–Trinajstić information content (AvgIpc) is 3.12. The number of thiocarbonyl (C=S) groups is 1. The summed E-state index contributed by atoms with van der Waals surface area (Å²) in [7, 11) is -2.19. The van der Waals surface area contributed by atoms with Gasteiger partial charge in [-0.3, -0.25) is 4.90 Å². The highest BCUT2D eigenvalue weighted by atomic mass is 32.2. The van der Waals surface area contributed by atoms with Gasteiger partial charge in [-0.1, -0.05) is 0 Å². The maximum atomic E-state index is 14.8. The Morgan fingerprint density at radius 2 is 2.10 bits per heavy atom. The minimum absolute atomic E-state index is 0.168. The highest BCUT2D eigenvalue weighted by molar-refractivity contribution is 7.89. The van der Waals surface area contributed by atoms with Crippen molar-refractivity contribution in [3.8, 4) is 6.07 Å². The topological polar surface area (TPSA) is 115 Å². The van der Waals surface area contributed by atoms with Crippen LogP contribution in [0.15, 0.2) is 18.2 Å². The summed E-state index contributed by atoms with van der Waals surface area (Å²) in [6.45, 7) is 1.42. The Hall–Kier alpha value is -2.69. The third-order valence-corrected chi connectivity index (χ3v) is 6.95. The maximum absolute atomic E-state index is 14.8. The molecule has 13 heteroatoms. The van der Waals surface area contributed by atoms with E-state index in [2.05, 4.69) is 5.32 Å². The highest BCUT2D eigenvalue weighted by Gasteiger charge is 2.33. The van der Waals surface area contributed by atoms with Crippen LogP contribution in [0.4, 0.5) is 20.6 Å². The number of sulfonamides is 1. The van der Waals surface area contributed by atoms with E-state index >= 15 is 0 Å². The second-order valence-electron chi connectivity index (χ2n) is 6.93. The Balaban J connectivity index is 1.63. The number of piperazine rings is 1. The quantitative estimate of drug-likeness (QED) is 0.597. The lowest BCUT2D eigenvalue weighted by Gasteiger charge is -2.35. The molecule has 1 amide bonds. The van der Waals surface area contributed by atoms with Gasteiger partial charge in [-0.25, -0.2) is 17.6 Å². The Labute approximate surface area is 185 Å². The molecule has 1 N–H and O–H groups in total. The largest absolute Gasteiger partial charge is 0.474 e. The normalized spacial score (nSPS) is 19.6. The number of methoxy groups -OCH3 is 1. The Kier molecular flexibility index (Phi) is 7.14. The molecule has 2 aliphatic heterocycles. The van der Waals surface area contributed by atoms with E-state index in [9.17, 15) is 17.6 Å². The van der Waals surface area contributed by atoms with Crippen LogP contribution in [0.2, 0.25) is 0 Å². The van der Waals surface area contributed by atoms with Crippen molar-refractivity contribution in [1.29, 1.82) is 5.26 Å². The zero-order chi connectivity index (χ0) is 22.6. The monoisotopic (exact) mass is 471 g/mol. The smallest absolute Gasteiger partial charge is 0.414 e. The molecule has 1 unspecified atom stereocenters. The van der Waals surface area contributed by atoms with Crippen LogP contribution in [0.3, 0.4) is 0 Å². The maximum Gasteiger partial charge on any atom is 0.414 e. The SMILES string of the molecule is COC(=S)NCC1CN(c2ccc(N3CCN(S(=O)(=O)CC#N)CC3)c(F)c2)C(=O)O1. The summed E-state index contributed by atoms with van der Waals surface area (Å²) >= 11 is 4.88. The minimum Gasteiger partial charge on any atom is -0.474 e. The summed E-state index contributed by atoms with van der Waals surface area (Å²) in [5.41, 5.74) is 0.676. The lowest BCUT2D eigenvalue weighted by Crippen LogP contribution is -2.49. The van der Waals surface area contributed by atoms with Gasteiger partial charge in [0.05, 0.1) is 37.6 Å². The number of ether oxygens (including phenoxy) is 2. The first-order chi connectivity index (χ1) is 14.7. The molecule has 168 valence electrons. The number of carbonyl (C=O) groups is 1. The van der Waals surface area contributed by atoms with Crippen molar-refractivity contribution in [2.24, 2.45) is 0 Å². The van der Waals surface area contributed by atoms with E-state index in [0.29, 0.717) is 24.5 Å². The second-order valence-corrected chi connectivity index (χ2v) is 9.26. The van der Waals surface area contributed by atoms with Crippen LogP contribution in [-0.2, 0) is 19.5 Å². The van der Waals surface area contributed by atoms with Crippen LogP contribution in [-0.4, -0.2) is 82.2 Å². The zero-order valence-corrected chi connectivity index (χ0v) is 18.4. The van der Waals surface area contributed by atoms with Crippen molar-refractivity contribution in [3.05, 3.63) is 24.0 Å². The minimum atomic E-state index is -3.62. The highest BCUT2D eigenvalue weighted by Crippen LogP contribution is 2.28. The van der Waals surface area contributed by atoms with Crippen LogP contribution in [0.1, 0.15) is 0 Å². The van der Waals surface area contributed by atoms with E-state index in [0.717, 1.165) is 0 Å². The van der Waals surface area contributed by atoms with Gasteiger partial charge in [-0.05, 0) is 30.4 Å². The van der Waals surface area contributed by atoms with Crippen LogP contribution < -0.4 is 15.1 Å². The predicted molar refractivity (Wildman–Crippen MR) is 115 cm³/mol. The summed E-state index contributed by atoms with van der Waals surface area (Å²) in [4.78, 5) is 15.2. The molecular formula is C18H22FN5O5S2. The number of nitriles is 1. The van der Waals surface area contributed by atoms with E-state index in [1.807, 2.05) is 0 Å². The van der Waals surface area contributed by atoms with Crippen LogP contribution in [0, 0.1) is 17.1 Å². The van der Waals surface area contributed by atoms with Gasteiger partial charge in [0.1, 0.15) is 11.9 Å². The zero-order valence-electron chi connectivity index (χ0n) is 16.8. The van der Waals surface area contributed by atoms with Gasteiger partial charge in [0.2, 0.25) is 10.0 Å². The third kappa shape index (κ3) is 5.33. The first kappa shape index (κ1) is 23.0. The fourth-order valence-electron chi connectivity index (χ4n) is 3.41. The molecule has 0 bridgehead atoms. The lowest BCUT2D eigenvalue weighted by molar-refractivity contribution is 0.142. The van der Waals surface area contributed by atoms with Crippen LogP contribution in [0.5, 0.6) is 0 Å². The molecule has 1 aromatic rings. The molecule has 31 heavy (non-hydrogen) atoms. The van der Waals surface area contributed by atoms with Gasteiger partial charge in [0.25, 0.3) is 5.17 Å². The van der Waals surface area contributed by atoms with E-state index in [-0.39, 0.29) is 31.4 Å². The van der Waals surface area contributed by atoms with Gasteiger partial charge in [0.15, 0.2) is 5.75 Å². The number of anilines is 2. The summed E-state index contributed by atoms with van der Waals surface area (Å²) < 4.78 is 50.1. The van der Waals surface area contributed by atoms with Crippen LogP contribution in [0.25, 0.3) is 0 Å². The number of cyclic esters (lactones) is 1. The summed E-state index contributed by atoms with van der Waals surface area (Å²) in [6, 6.07) is 6.08. The Morgan fingerprint density at radius 3 is 2.71 bits per heavy atom. The standard InChI is InChI=1S/C18H22FN5O5S2/c1-28-17(30)21-11-14-12-24(18(25)29-14)13-2-3-16(15(19)10-13)22-5-7-23(8-6-22)31(26,27)9-4-20/h2-3,10,14H,5-9,11-12H2,1H3,(H,21,30). The number of halogens is 1. The van der Waals surface area contributed by atoms with Crippen molar-refractivity contribution >= 4 is 44.9 Å². The summed E-state index contributed by atoms with van der Waals surface area (Å²) in [5.74, 6) is -1.10. The number of carbonyl (C=O) groups excluding carboxylic acids is 1. The predicted octanol–water partition coefficient (Wildman–Crippen LogP) is 0.647. The molecule has 0 spiro atoms. The fourth-order valence-corrected chi connectivity index (χ4v) is 4.56. The molecule has 1 aromatic carbocycles. The van der Waals surface area contributed by atoms with E-state index in [1.165, 1.54) is 22.4 Å². The molecule has 2 aliphatic rings. The van der Waals surface area contributed by atoms with Gasteiger partial charge in [-0.2, -0.15) is 9.57 Å². The van der Waals surface area contributed by atoms with E-state index in [1.54, 1.807) is 23.1 Å². The van der Waals surface area contributed by atoms with Gasteiger partial charge < -0.3 is 19.7 Å². The molecule has 2 saturated heterocycles. The van der Waals surface area contributed by atoms with Crippen molar-refractivity contribution in [2.45, 2.75) is 6.10 Å². The summed E-state index contributed by atoms with van der Waals surface area (Å²) in [5, 5.41) is 11.6. The molecule has 0 radical (unpaired) electrons. The van der Waals surface area contributed by atoms with Crippen molar-refractivity contribution in [1.82, 2.24) is 9.62 Å². The van der Waals surface area contributed by atoms with Crippen LogP contribution >= 0.6 is 12.2 Å². The molecule has 0 aromatic heterocycles. The Bertz CT molecular complexity index is 992. The Morgan fingerprint density at radius 1 is 1.39 bits per heavy atom. The van der Waals surface area contributed by atoms with Crippen molar-refractivity contribution < 1.29 is 27.1 Å². The first-order valence-corrected chi connectivity index (χ1v) is 11.5. The first-order valence-electron chi connectivity index (χ1n) is 9.44. The van der Waals surface area contributed by atoms with Crippen molar-refractivity contribution in [2.75, 3.05) is 61.9 Å². The van der Waals surface area contributed by atoms with E-state index in [4.69, 9.17) is 27.0 Å². The second kappa shape index (κ2) is 9.63. The third-order valence-electron chi connectivity index (χ3n) is 5.00. The number of hydrogen-bond acceptors (Lipinski definition) is 8. The number of benzene rings is 1. The molecule has 0 saturated carbocycles. The number of nitrogens with one attached hydrogen (secondary N) is 1. The fraction of sp³-hybridized carbons (Fsp3) is 0.500. The number of nitrogens with zero attached hydrogens (tertiary/aromatic N) is 4. The van der Waals surface area contributed by atoms with Gasteiger partial charge in [0, 0.05) is 26.2 Å². The molecule has 2 heterocycles. The number of hydrogen-bond donors (Lipinski definition) is 1. The molecule has 3 rings (SSSR count). The number of amides is 1. The molecule has 1 atom stereocenters. The molecule has 10 nitrogen and oxygen atoms in total. The van der Waals surface area contributed by atoms with E-state index < -0.39 is 33.8 Å². The average molecular weight is 472 g/mol. The molecule has 2 fully saturated rings. The molecule has 0 aliphatic carbocycles. The summed E-state index contributed by atoms with van der Waals surface area (Å²) in [6.07, 6.45) is -1.05. The van der Waals surface area contributed by atoms with Gasteiger partial charge in [-0.15, -0.1) is 0 Å². The van der Waals surface area contributed by atoms with Gasteiger partial charge >= 0.3 is 6.09 Å². The molecular weight excluding hydrogens is 449 g/mol.